The van der Waals surface area contributed by atoms with E-state index in [-0.39, 0.29) is 11.8 Å². The number of nitrogens with two attached hydrogens (primary N) is 1. The van der Waals surface area contributed by atoms with Crippen LogP contribution in [0.1, 0.15) is 19.8 Å². The number of hydrogen-bond donors (Lipinski definition) is 2. The first-order valence-electron chi connectivity index (χ1n) is 7.22. The van der Waals surface area contributed by atoms with Crippen molar-refractivity contribution in [2.45, 2.75) is 19.8 Å². The quantitative estimate of drug-likeness (QED) is 0.880. The summed E-state index contributed by atoms with van der Waals surface area (Å²) in [5, 5.41) is 6.31. The van der Waals surface area contributed by atoms with Gasteiger partial charge in [0.1, 0.15) is 10.6 Å². The van der Waals surface area contributed by atoms with E-state index in [0.29, 0.717) is 12.5 Å². The molecule has 112 valence electrons. The first-order chi connectivity index (χ1) is 10.2. The Bertz CT molecular complexity index is 656. The molecule has 0 saturated carbocycles. The molecule has 1 unspecified atom stereocenters. The van der Waals surface area contributed by atoms with Gasteiger partial charge in [0.05, 0.1) is 11.3 Å². The summed E-state index contributed by atoms with van der Waals surface area (Å²) in [7, 11) is 0. The highest BCUT2D eigenvalue weighted by Gasteiger charge is 2.29. The monoisotopic (exact) mass is 305 g/mol. The van der Waals surface area contributed by atoms with Crippen LogP contribution in [-0.4, -0.2) is 35.5 Å². The molecule has 1 fully saturated rings. The molecule has 0 aliphatic carbocycles. The van der Waals surface area contributed by atoms with Crippen LogP contribution in [0.15, 0.2) is 11.4 Å². The Kier molecular flexibility index (Phi) is 3.92. The Morgan fingerprint density at radius 3 is 3.14 bits per heavy atom. The average molecular weight is 305 g/mol. The smallest absolute Gasteiger partial charge is 0.226 e. The van der Waals surface area contributed by atoms with Crippen molar-refractivity contribution in [1.29, 1.82) is 0 Å². The van der Waals surface area contributed by atoms with Crippen molar-refractivity contribution in [3.63, 3.8) is 0 Å². The summed E-state index contributed by atoms with van der Waals surface area (Å²) in [5.74, 6) is 1.26. The van der Waals surface area contributed by atoms with Gasteiger partial charge in [0.2, 0.25) is 11.9 Å². The molecule has 6 nitrogen and oxygen atoms in total. The molecule has 2 aromatic heterocycles. The zero-order valence-electron chi connectivity index (χ0n) is 12.0. The molecule has 1 saturated heterocycles. The number of nitrogens with one attached hydrogen (secondary N) is 1. The van der Waals surface area contributed by atoms with E-state index in [1.165, 1.54) is 0 Å². The van der Waals surface area contributed by atoms with E-state index >= 15 is 0 Å². The molecule has 3 N–H and O–H groups in total. The molecule has 1 amide bonds. The largest absolute Gasteiger partial charge is 0.369 e. The minimum absolute atomic E-state index is 0.0827. The molecule has 1 atom stereocenters. The molecule has 0 radical (unpaired) electrons. The summed E-state index contributed by atoms with van der Waals surface area (Å²) in [6, 6.07) is 2.04. The lowest BCUT2D eigenvalue weighted by Gasteiger charge is -2.18. The van der Waals surface area contributed by atoms with Crippen molar-refractivity contribution in [3.05, 3.63) is 11.4 Å². The minimum atomic E-state index is -0.225. The molecule has 0 aromatic carbocycles. The number of amides is 1. The Balaban J connectivity index is 1.93. The van der Waals surface area contributed by atoms with E-state index in [1.54, 1.807) is 11.3 Å². The molecule has 3 rings (SSSR count). The molecule has 0 spiro atoms. The van der Waals surface area contributed by atoms with Gasteiger partial charge >= 0.3 is 0 Å². The summed E-state index contributed by atoms with van der Waals surface area (Å²) >= 11 is 1.61. The highest BCUT2D eigenvalue weighted by Crippen LogP contribution is 2.32. The molecule has 3 heterocycles. The van der Waals surface area contributed by atoms with E-state index in [9.17, 15) is 4.79 Å². The van der Waals surface area contributed by atoms with Gasteiger partial charge in [-0.2, -0.15) is 4.98 Å². The average Bonchev–Trinajstić information content (AvgIpc) is 3.12. The van der Waals surface area contributed by atoms with Crippen molar-refractivity contribution in [2.24, 2.45) is 11.7 Å². The normalized spacial score (nSPS) is 18.3. The van der Waals surface area contributed by atoms with Gasteiger partial charge in [0, 0.05) is 19.6 Å². The summed E-state index contributed by atoms with van der Waals surface area (Å²) in [6.07, 6.45) is 1.82. The van der Waals surface area contributed by atoms with Crippen LogP contribution in [0.4, 0.5) is 11.8 Å². The molecule has 7 heteroatoms. The van der Waals surface area contributed by atoms with Crippen molar-refractivity contribution in [3.8, 4) is 0 Å². The predicted octanol–water partition coefficient (Wildman–Crippen LogP) is 1.82. The Hall–Kier alpha value is -1.89. The molecular weight excluding hydrogens is 286 g/mol. The molecule has 1 aliphatic heterocycles. The summed E-state index contributed by atoms with van der Waals surface area (Å²) in [5.41, 5.74) is 5.42. The fourth-order valence-electron chi connectivity index (χ4n) is 2.58. The van der Waals surface area contributed by atoms with Gasteiger partial charge in [-0.3, -0.25) is 4.79 Å². The van der Waals surface area contributed by atoms with Gasteiger partial charge in [0.15, 0.2) is 0 Å². The van der Waals surface area contributed by atoms with Gasteiger partial charge in [-0.05, 0) is 24.3 Å². The summed E-state index contributed by atoms with van der Waals surface area (Å²) < 4.78 is 0. The number of hydrogen-bond acceptors (Lipinski definition) is 6. The highest BCUT2D eigenvalue weighted by atomic mass is 32.1. The fourth-order valence-corrected chi connectivity index (χ4v) is 3.34. The zero-order valence-corrected chi connectivity index (χ0v) is 12.8. The lowest BCUT2D eigenvalue weighted by atomic mass is 10.1. The minimum Gasteiger partial charge on any atom is -0.369 e. The fraction of sp³-hybridized carbons (Fsp3) is 0.500. The Morgan fingerprint density at radius 1 is 1.57 bits per heavy atom. The maximum Gasteiger partial charge on any atom is 0.226 e. The van der Waals surface area contributed by atoms with E-state index in [0.717, 1.165) is 42.0 Å². The van der Waals surface area contributed by atoms with Crippen LogP contribution in [-0.2, 0) is 4.79 Å². The van der Waals surface area contributed by atoms with Crippen molar-refractivity contribution in [2.75, 3.05) is 29.9 Å². The van der Waals surface area contributed by atoms with Gasteiger partial charge in [-0.25, -0.2) is 4.98 Å². The third kappa shape index (κ3) is 2.78. The van der Waals surface area contributed by atoms with Crippen LogP contribution in [0.5, 0.6) is 0 Å². The number of primary amides is 1. The van der Waals surface area contributed by atoms with Gasteiger partial charge in [0.25, 0.3) is 0 Å². The molecule has 2 aromatic rings. The van der Waals surface area contributed by atoms with Gasteiger partial charge in [-0.1, -0.05) is 6.92 Å². The lowest BCUT2D eigenvalue weighted by molar-refractivity contribution is -0.121. The standard InChI is InChI=1S/C14H19N5OS/c1-2-5-16-14-17-12(10-4-7-21-13(10)18-14)19-6-3-9(8-19)11(15)20/h4,7,9H,2-3,5-6,8H2,1H3,(H2,15,20)(H,16,17,18). The summed E-state index contributed by atoms with van der Waals surface area (Å²) in [4.78, 5) is 23.6. The van der Waals surface area contributed by atoms with E-state index < -0.39 is 0 Å². The third-order valence-electron chi connectivity index (χ3n) is 3.73. The van der Waals surface area contributed by atoms with Crippen LogP contribution in [0.3, 0.4) is 0 Å². The van der Waals surface area contributed by atoms with Crippen LogP contribution >= 0.6 is 11.3 Å². The number of nitrogens with zero attached hydrogens (tertiary/aromatic N) is 3. The first kappa shape index (κ1) is 14.1. The molecule has 21 heavy (non-hydrogen) atoms. The maximum atomic E-state index is 11.4. The van der Waals surface area contributed by atoms with Crippen LogP contribution in [0.2, 0.25) is 0 Å². The third-order valence-corrected chi connectivity index (χ3v) is 4.53. The Labute approximate surface area is 127 Å². The Morgan fingerprint density at radius 2 is 2.43 bits per heavy atom. The number of aromatic nitrogens is 2. The lowest BCUT2D eigenvalue weighted by Crippen LogP contribution is -2.28. The second-order valence-corrected chi connectivity index (χ2v) is 6.17. The number of thiophene rings is 1. The number of rotatable bonds is 5. The predicted molar refractivity (Wildman–Crippen MR) is 85.7 cm³/mol. The topological polar surface area (TPSA) is 84.1 Å². The molecule has 0 bridgehead atoms. The number of fused-ring (bicyclic) bond motifs is 1. The molecule has 1 aliphatic rings. The second-order valence-electron chi connectivity index (χ2n) is 5.27. The first-order valence-corrected chi connectivity index (χ1v) is 8.10. The highest BCUT2D eigenvalue weighted by molar-refractivity contribution is 7.16. The second kappa shape index (κ2) is 5.85. The zero-order chi connectivity index (χ0) is 14.8. The van der Waals surface area contributed by atoms with Crippen LogP contribution in [0.25, 0.3) is 10.2 Å². The number of anilines is 2. The van der Waals surface area contributed by atoms with Gasteiger partial charge in [-0.15, -0.1) is 11.3 Å². The van der Waals surface area contributed by atoms with Gasteiger partial charge < -0.3 is 16.0 Å². The van der Waals surface area contributed by atoms with Crippen LogP contribution < -0.4 is 16.0 Å². The SMILES string of the molecule is CCCNc1nc(N2CCC(C(N)=O)C2)c2ccsc2n1. The summed E-state index contributed by atoms with van der Waals surface area (Å²) in [6.45, 7) is 4.41. The van der Waals surface area contributed by atoms with Crippen LogP contribution in [0, 0.1) is 5.92 Å². The number of carbonyl (C=O) groups excluding carboxylic acids is 1. The number of carbonyl (C=O) groups is 1. The van der Waals surface area contributed by atoms with Crippen molar-refractivity contribution < 1.29 is 4.79 Å². The van der Waals surface area contributed by atoms with E-state index in [4.69, 9.17) is 5.73 Å². The van der Waals surface area contributed by atoms with E-state index in [1.807, 2.05) is 11.4 Å². The van der Waals surface area contributed by atoms with Crippen molar-refractivity contribution in [1.82, 2.24) is 9.97 Å². The van der Waals surface area contributed by atoms with Crippen molar-refractivity contribution >= 4 is 39.2 Å². The van der Waals surface area contributed by atoms with E-state index in [2.05, 4.69) is 27.1 Å². The maximum absolute atomic E-state index is 11.4. The molecular formula is C14H19N5OS.